The molecule has 35 heavy (non-hydrogen) atoms. The van der Waals surface area contributed by atoms with E-state index in [0.29, 0.717) is 13.1 Å². The quantitative estimate of drug-likeness (QED) is 0.286. The van der Waals surface area contributed by atoms with E-state index in [9.17, 15) is 13.2 Å². The summed E-state index contributed by atoms with van der Waals surface area (Å²) in [5, 5.41) is 1.00. The first-order valence-electron chi connectivity index (χ1n) is 12.8. The van der Waals surface area contributed by atoms with Gasteiger partial charge in [-0.2, -0.15) is 4.72 Å². The zero-order valence-corrected chi connectivity index (χ0v) is 22.0. The third kappa shape index (κ3) is 7.42. The van der Waals surface area contributed by atoms with E-state index in [4.69, 9.17) is 0 Å². The minimum Gasteiger partial charge on any atom is -0.361 e. The highest BCUT2D eigenvalue weighted by Crippen LogP contribution is 2.21. The number of aromatic nitrogens is 1. The Balaban J connectivity index is 1.91. The molecule has 0 radical (unpaired) electrons. The van der Waals surface area contributed by atoms with E-state index < -0.39 is 16.1 Å². The maximum atomic E-state index is 13.8. The van der Waals surface area contributed by atoms with Gasteiger partial charge < -0.3 is 9.88 Å². The van der Waals surface area contributed by atoms with Gasteiger partial charge in [0.25, 0.3) is 0 Å². The number of rotatable bonds is 14. The van der Waals surface area contributed by atoms with Gasteiger partial charge in [-0.05, 0) is 49.9 Å². The monoisotopic (exact) mass is 497 g/mol. The topological polar surface area (TPSA) is 82.3 Å². The van der Waals surface area contributed by atoms with Crippen LogP contribution in [0.3, 0.4) is 0 Å². The van der Waals surface area contributed by atoms with Crippen molar-refractivity contribution in [1.82, 2.24) is 14.6 Å². The number of fused-ring (bicyclic) bond motifs is 1. The van der Waals surface area contributed by atoms with Crippen LogP contribution in [0.25, 0.3) is 10.9 Å². The van der Waals surface area contributed by atoms with Gasteiger partial charge in [0.1, 0.15) is 6.04 Å². The lowest BCUT2D eigenvalue weighted by Gasteiger charge is -2.28. The second-order valence-electron chi connectivity index (χ2n) is 9.29. The minimum absolute atomic E-state index is 0.154. The molecular weight excluding hydrogens is 458 g/mol. The van der Waals surface area contributed by atoms with Gasteiger partial charge in [-0.15, -0.1) is 0 Å². The Hall–Kier alpha value is -2.64. The fourth-order valence-electron chi connectivity index (χ4n) is 4.33. The number of carbonyl (C=O) groups is 1. The predicted octanol–water partition coefficient (Wildman–Crippen LogP) is 5.57. The SMILES string of the molecule is CCCCCN(CCCCC)C(=O)[C@@H](Cc1c[nH]c2ccccc12)NS(=O)(=O)c1ccc(C)cc1. The van der Waals surface area contributed by atoms with Crippen LogP contribution in [0, 0.1) is 6.92 Å². The molecule has 190 valence electrons. The molecule has 0 aliphatic carbocycles. The molecule has 2 N–H and O–H groups in total. The van der Waals surface area contributed by atoms with E-state index in [1.807, 2.05) is 42.3 Å². The molecular formula is C28H39N3O3S. The Morgan fingerprint density at radius 1 is 0.943 bits per heavy atom. The Morgan fingerprint density at radius 2 is 1.57 bits per heavy atom. The van der Waals surface area contributed by atoms with Gasteiger partial charge >= 0.3 is 0 Å². The highest BCUT2D eigenvalue weighted by atomic mass is 32.2. The normalized spacial score (nSPS) is 12.7. The van der Waals surface area contributed by atoms with Crippen molar-refractivity contribution in [3.63, 3.8) is 0 Å². The molecule has 1 atom stereocenters. The van der Waals surface area contributed by atoms with E-state index in [0.717, 1.165) is 60.6 Å². The molecule has 0 saturated heterocycles. The predicted molar refractivity (Wildman–Crippen MR) is 143 cm³/mol. The number of nitrogens with zero attached hydrogens (tertiary/aromatic N) is 1. The summed E-state index contributed by atoms with van der Waals surface area (Å²) in [5.74, 6) is -0.154. The first kappa shape index (κ1) is 27.0. The highest BCUT2D eigenvalue weighted by molar-refractivity contribution is 7.89. The van der Waals surface area contributed by atoms with Gasteiger partial charge in [0, 0.05) is 30.2 Å². The maximum Gasteiger partial charge on any atom is 0.241 e. The number of hydrogen-bond acceptors (Lipinski definition) is 3. The lowest BCUT2D eigenvalue weighted by Crippen LogP contribution is -2.50. The van der Waals surface area contributed by atoms with Gasteiger partial charge in [0.15, 0.2) is 0 Å². The number of nitrogens with one attached hydrogen (secondary N) is 2. The van der Waals surface area contributed by atoms with Crippen LogP contribution in [-0.2, 0) is 21.2 Å². The Morgan fingerprint density at radius 3 is 2.20 bits per heavy atom. The average molecular weight is 498 g/mol. The number of para-hydroxylation sites is 1. The molecule has 6 nitrogen and oxygen atoms in total. The molecule has 1 amide bonds. The number of H-pyrrole nitrogens is 1. The molecule has 1 heterocycles. The van der Waals surface area contributed by atoms with Crippen molar-refractivity contribution in [3.05, 3.63) is 65.9 Å². The van der Waals surface area contributed by atoms with Crippen LogP contribution in [0.5, 0.6) is 0 Å². The third-order valence-electron chi connectivity index (χ3n) is 6.40. The fraction of sp³-hybridized carbons (Fsp3) is 0.464. The van der Waals surface area contributed by atoms with Crippen LogP contribution in [0.1, 0.15) is 63.5 Å². The van der Waals surface area contributed by atoms with E-state index in [-0.39, 0.29) is 17.2 Å². The van der Waals surface area contributed by atoms with Crippen molar-refractivity contribution in [1.29, 1.82) is 0 Å². The van der Waals surface area contributed by atoms with E-state index in [2.05, 4.69) is 23.6 Å². The number of hydrogen-bond donors (Lipinski definition) is 2. The smallest absolute Gasteiger partial charge is 0.241 e. The lowest BCUT2D eigenvalue weighted by molar-refractivity contribution is -0.133. The number of carbonyl (C=O) groups excluding carboxylic acids is 1. The Kier molecular flexibility index (Phi) is 9.93. The lowest BCUT2D eigenvalue weighted by atomic mass is 10.0. The number of unbranched alkanes of at least 4 members (excludes halogenated alkanes) is 4. The van der Waals surface area contributed by atoms with Gasteiger partial charge in [0.2, 0.25) is 15.9 Å². The molecule has 0 fully saturated rings. The first-order valence-corrected chi connectivity index (χ1v) is 14.3. The van der Waals surface area contributed by atoms with Crippen molar-refractivity contribution in [3.8, 4) is 0 Å². The molecule has 3 aromatic rings. The summed E-state index contributed by atoms with van der Waals surface area (Å²) in [6.07, 6.45) is 8.21. The summed E-state index contributed by atoms with van der Waals surface area (Å²) in [6.45, 7) is 7.48. The van der Waals surface area contributed by atoms with Gasteiger partial charge in [-0.3, -0.25) is 4.79 Å². The molecule has 3 rings (SSSR count). The second kappa shape index (κ2) is 12.9. The zero-order valence-electron chi connectivity index (χ0n) is 21.2. The van der Waals surface area contributed by atoms with Crippen LogP contribution < -0.4 is 4.72 Å². The maximum absolute atomic E-state index is 13.8. The zero-order chi connectivity index (χ0) is 25.3. The minimum atomic E-state index is -3.87. The van der Waals surface area contributed by atoms with Gasteiger partial charge in [-0.25, -0.2) is 8.42 Å². The van der Waals surface area contributed by atoms with E-state index in [1.54, 1.807) is 24.3 Å². The molecule has 0 bridgehead atoms. The number of aryl methyl sites for hydroxylation is 1. The van der Waals surface area contributed by atoms with Crippen molar-refractivity contribution >= 4 is 26.8 Å². The summed E-state index contributed by atoms with van der Waals surface area (Å²) in [4.78, 5) is 19.1. The van der Waals surface area contributed by atoms with E-state index in [1.165, 1.54) is 0 Å². The van der Waals surface area contributed by atoms with Crippen LogP contribution in [0.2, 0.25) is 0 Å². The summed E-state index contributed by atoms with van der Waals surface area (Å²) >= 11 is 0. The van der Waals surface area contributed by atoms with E-state index >= 15 is 0 Å². The molecule has 0 spiro atoms. The Labute approximate surface area is 210 Å². The van der Waals surface area contributed by atoms with Crippen LogP contribution in [0.4, 0.5) is 0 Å². The number of aromatic amines is 1. The molecule has 0 saturated carbocycles. The molecule has 0 unspecified atom stereocenters. The number of benzene rings is 2. The van der Waals surface area contributed by atoms with Crippen molar-refractivity contribution in [2.24, 2.45) is 0 Å². The van der Waals surface area contributed by atoms with Crippen molar-refractivity contribution in [2.45, 2.75) is 76.7 Å². The highest BCUT2D eigenvalue weighted by Gasteiger charge is 2.30. The Bertz CT molecular complexity index is 1180. The summed E-state index contributed by atoms with van der Waals surface area (Å²) in [7, 11) is -3.87. The molecule has 0 aliphatic heterocycles. The van der Waals surface area contributed by atoms with Crippen molar-refractivity contribution < 1.29 is 13.2 Å². The summed E-state index contributed by atoms with van der Waals surface area (Å²) in [5.41, 5.74) is 2.87. The third-order valence-corrected chi connectivity index (χ3v) is 7.89. The standard InChI is InChI=1S/C28H39N3O3S/c1-4-6-10-18-31(19-11-7-5-2)28(32)27(20-23-21-29-26-13-9-8-12-25(23)26)30-35(33,34)24-16-14-22(3)15-17-24/h8-9,12-17,21,27,29-30H,4-7,10-11,18-20H2,1-3H3/t27-/m1/s1. The van der Waals surface area contributed by atoms with Gasteiger partial charge in [-0.1, -0.05) is 75.4 Å². The van der Waals surface area contributed by atoms with Crippen molar-refractivity contribution in [2.75, 3.05) is 13.1 Å². The van der Waals surface area contributed by atoms with Gasteiger partial charge in [0.05, 0.1) is 4.90 Å². The fourth-order valence-corrected chi connectivity index (χ4v) is 5.52. The van der Waals surface area contributed by atoms with Crippen LogP contribution in [-0.4, -0.2) is 43.3 Å². The average Bonchev–Trinajstić information content (AvgIpc) is 3.25. The molecule has 0 aliphatic rings. The second-order valence-corrected chi connectivity index (χ2v) is 11.0. The van der Waals surface area contributed by atoms with Crippen LogP contribution in [0.15, 0.2) is 59.6 Å². The molecule has 2 aromatic carbocycles. The molecule has 7 heteroatoms. The van der Waals surface area contributed by atoms with Crippen LogP contribution >= 0.6 is 0 Å². The number of sulfonamides is 1. The number of amides is 1. The largest absolute Gasteiger partial charge is 0.361 e. The summed E-state index contributed by atoms with van der Waals surface area (Å²) in [6, 6.07) is 13.7. The summed E-state index contributed by atoms with van der Waals surface area (Å²) < 4.78 is 29.4. The first-order chi connectivity index (χ1) is 16.9. The molecule has 1 aromatic heterocycles.